The number of halogens is 2. The van der Waals surface area contributed by atoms with E-state index >= 15 is 0 Å². The Morgan fingerprint density at radius 1 is 1.43 bits per heavy atom. The van der Waals surface area contributed by atoms with Crippen molar-refractivity contribution in [1.29, 1.82) is 0 Å². The zero-order valence-corrected chi connectivity index (χ0v) is 12.5. The Kier molecular flexibility index (Phi) is 4.29. The molecule has 21 heavy (non-hydrogen) atoms. The van der Waals surface area contributed by atoms with Gasteiger partial charge in [0, 0.05) is 25.7 Å². The highest BCUT2D eigenvalue weighted by Crippen LogP contribution is 2.29. The molecule has 116 valence electrons. The van der Waals surface area contributed by atoms with Crippen molar-refractivity contribution in [3.05, 3.63) is 17.7 Å². The van der Waals surface area contributed by atoms with Crippen molar-refractivity contribution in [3.8, 4) is 0 Å². The Labute approximate surface area is 122 Å². The molecular formula is C14H20F2N4O. The molecule has 1 amide bonds. The number of aromatic nitrogens is 1. The second kappa shape index (κ2) is 5.83. The average molecular weight is 298 g/mol. The van der Waals surface area contributed by atoms with Gasteiger partial charge in [-0.3, -0.25) is 4.79 Å². The Bertz CT molecular complexity index is 548. The van der Waals surface area contributed by atoms with Gasteiger partial charge in [-0.2, -0.15) is 0 Å². The van der Waals surface area contributed by atoms with Crippen molar-refractivity contribution < 1.29 is 13.6 Å². The highest BCUT2D eigenvalue weighted by molar-refractivity contribution is 5.90. The third-order valence-electron chi connectivity index (χ3n) is 3.56. The van der Waals surface area contributed by atoms with E-state index in [1.165, 1.54) is 0 Å². The number of rotatable bonds is 4. The van der Waals surface area contributed by atoms with Crippen LogP contribution in [0.4, 0.5) is 20.4 Å². The Morgan fingerprint density at radius 3 is 2.81 bits per heavy atom. The van der Waals surface area contributed by atoms with E-state index in [9.17, 15) is 13.6 Å². The third kappa shape index (κ3) is 2.91. The molecule has 0 unspecified atom stereocenters. The summed E-state index contributed by atoms with van der Waals surface area (Å²) in [5.41, 5.74) is -0.939. The van der Waals surface area contributed by atoms with Crippen LogP contribution in [0.15, 0.2) is 6.07 Å². The number of carbonyl (C=O) groups is 1. The van der Waals surface area contributed by atoms with Gasteiger partial charge in [0.15, 0.2) is 23.3 Å². The van der Waals surface area contributed by atoms with Crippen molar-refractivity contribution in [1.82, 2.24) is 10.3 Å². The van der Waals surface area contributed by atoms with Crippen molar-refractivity contribution in [2.75, 3.05) is 29.9 Å². The van der Waals surface area contributed by atoms with Crippen LogP contribution >= 0.6 is 0 Å². The topological polar surface area (TPSA) is 57.3 Å². The van der Waals surface area contributed by atoms with Crippen molar-refractivity contribution >= 4 is 17.5 Å². The van der Waals surface area contributed by atoms with E-state index in [1.54, 1.807) is 18.7 Å². The second-order valence-electron chi connectivity index (χ2n) is 5.52. The first-order valence-corrected chi connectivity index (χ1v) is 7.03. The molecule has 2 heterocycles. The summed E-state index contributed by atoms with van der Waals surface area (Å²) in [5, 5.41) is 5.56. The minimum absolute atomic E-state index is 0.00477. The van der Waals surface area contributed by atoms with Gasteiger partial charge in [-0.1, -0.05) is 6.92 Å². The molecule has 0 aliphatic carbocycles. The van der Waals surface area contributed by atoms with Crippen LogP contribution in [0.3, 0.4) is 0 Å². The van der Waals surface area contributed by atoms with Crippen LogP contribution in [0.25, 0.3) is 0 Å². The number of hydrogen-bond acceptors (Lipinski definition) is 4. The Hall–Kier alpha value is -1.92. The molecule has 0 atom stereocenters. The highest BCUT2D eigenvalue weighted by atomic mass is 19.1. The first-order valence-electron chi connectivity index (χ1n) is 7.03. The van der Waals surface area contributed by atoms with Gasteiger partial charge < -0.3 is 15.5 Å². The maximum Gasteiger partial charge on any atom is 0.245 e. The van der Waals surface area contributed by atoms with E-state index in [0.29, 0.717) is 19.6 Å². The minimum atomic E-state index is -0.939. The first-order chi connectivity index (χ1) is 9.87. The molecular weight excluding hydrogens is 278 g/mol. The standard InChI is InChI=1S/C14H20F2N4O/c1-4-5-17-11-9(15)8-10(16)12(19-11)20-7-6-18-13(21)14(20,2)3/h8H,4-7H2,1-3H3,(H,17,19)(H,18,21). The normalized spacial score (nSPS) is 17.6. The van der Waals surface area contributed by atoms with Crippen molar-refractivity contribution in [2.45, 2.75) is 32.7 Å². The van der Waals surface area contributed by atoms with E-state index in [1.807, 2.05) is 6.92 Å². The molecule has 1 aliphatic rings. The zero-order valence-electron chi connectivity index (χ0n) is 12.5. The first kappa shape index (κ1) is 15.5. The van der Waals surface area contributed by atoms with Gasteiger partial charge in [-0.05, 0) is 20.3 Å². The summed E-state index contributed by atoms with van der Waals surface area (Å²) in [5.74, 6) is -1.70. The van der Waals surface area contributed by atoms with E-state index < -0.39 is 17.2 Å². The summed E-state index contributed by atoms with van der Waals surface area (Å²) in [6.45, 7) is 6.67. The number of hydrogen-bond donors (Lipinski definition) is 2. The Morgan fingerprint density at radius 2 is 2.14 bits per heavy atom. The molecule has 0 bridgehead atoms. The lowest BCUT2D eigenvalue weighted by Gasteiger charge is -2.42. The summed E-state index contributed by atoms with van der Waals surface area (Å²) in [6, 6.07) is 0.808. The molecule has 1 saturated heterocycles. The van der Waals surface area contributed by atoms with Crippen molar-refractivity contribution in [2.24, 2.45) is 0 Å². The maximum atomic E-state index is 14.1. The number of piperazine rings is 1. The summed E-state index contributed by atoms with van der Waals surface area (Å²) >= 11 is 0. The zero-order chi connectivity index (χ0) is 15.6. The number of anilines is 2. The largest absolute Gasteiger partial charge is 0.368 e. The maximum absolute atomic E-state index is 14.1. The number of amides is 1. The quantitative estimate of drug-likeness (QED) is 0.891. The van der Waals surface area contributed by atoms with Gasteiger partial charge in [0.05, 0.1) is 0 Å². The molecule has 2 rings (SSSR count). The summed E-state index contributed by atoms with van der Waals surface area (Å²) in [7, 11) is 0. The van der Waals surface area contributed by atoms with E-state index in [0.717, 1.165) is 12.5 Å². The van der Waals surface area contributed by atoms with Crippen LogP contribution in [0.1, 0.15) is 27.2 Å². The van der Waals surface area contributed by atoms with Crippen LogP contribution in [0.2, 0.25) is 0 Å². The summed E-state index contributed by atoms with van der Waals surface area (Å²) < 4.78 is 27.8. The molecule has 0 aromatic carbocycles. The lowest BCUT2D eigenvalue weighted by molar-refractivity contribution is -0.126. The van der Waals surface area contributed by atoms with Gasteiger partial charge in [0.25, 0.3) is 0 Å². The highest BCUT2D eigenvalue weighted by Gasteiger charge is 2.39. The fourth-order valence-corrected chi connectivity index (χ4v) is 2.28. The van der Waals surface area contributed by atoms with Crippen LogP contribution in [0.5, 0.6) is 0 Å². The van der Waals surface area contributed by atoms with Crippen molar-refractivity contribution in [3.63, 3.8) is 0 Å². The molecule has 1 aromatic rings. The lowest BCUT2D eigenvalue weighted by atomic mass is 9.99. The van der Waals surface area contributed by atoms with Crippen LogP contribution in [-0.4, -0.2) is 36.1 Å². The average Bonchev–Trinajstić information content (AvgIpc) is 2.42. The molecule has 1 aromatic heterocycles. The van der Waals surface area contributed by atoms with Gasteiger partial charge in [-0.25, -0.2) is 13.8 Å². The van der Waals surface area contributed by atoms with Crippen LogP contribution in [-0.2, 0) is 4.79 Å². The second-order valence-corrected chi connectivity index (χ2v) is 5.52. The van der Waals surface area contributed by atoms with E-state index in [4.69, 9.17) is 0 Å². The molecule has 1 fully saturated rings. The minimum Gasteiger partial charge on any atom is -0.368 e. The Balaban J connectivity index is 2.40. The molecule has 1 aliphatic heterocycles. The van der Waals surface area contributed by atoms with Crippen LogP contribution in [0, 0.1) is 11.6 Å². The summed E-state index contributed by atoms with van der Waals surface area (Å²) in [4.78, 5) is 17.6. The number of nitrogens with zero attached hydrogens (tertiary/aromatic N) is 2. The van der Waals surface area contributed by atoms with Gasteiger partial charge in [0.2, 0.25) is 5.91 Å². The predicted octanol–water partition coefficient (Wildman–Crippen LogP) is 1.90. The van der Waals surface area contributed by atoms with Crippen LogP contribution < -0.4 is 15.5 Å². The van der Waals surface area contributed by atoms with Gasteiger partial charge >= 0.3 is 0 Å². The van der Waals surface area contributed by atoms with Gasteiger partial charge in [-0.15, -0.1) is 0 Å². The number of pyridine rings is 1. The molecule has 5 nitrogen and oxygen atoms in total. The monoisotopic (exact) mass is 298 g/mol. The molecule has 0 saturated carbocycles. The predicted molar refractivity (Wildman–Crippen MR) is 77.4 cm³/mol. The SMILES string of the molecule is CCCNc1nc(N2CCNC(=O)C2(C)C)c(F)cc1F. The fraction of sp³-hybridized carbons (Fsp3) is 0.571. The van der Waals surface area contributed by atoms with E-state index in [-0.39, 0.29) is 17.5 Å². The molecule has 0 spiro atoms. The smallest absolute Gasteiger partial charge is 0.245 e. The third-order valence-corrected chi connectivity index (χ3v) is 3.56. The lowest BCUT2D eigenvalue weighted by Crippen LogP contribution is -2.62. The number of nitrogens with one attached hydrogen (secondary N) is 2. The molecule has 7 heteroatoms. The van der Waals surface area contributed by atoms with E-state index in [2.05, 4.69) is 15.6 Å². The summed E-state index contributed by atoms with van der Waals surface area (Å²) in [6.07, 6.45) is 0.797. The molecule has 2 N–H and O–H groups in total. The number of carbonyl (C=O) groups excluding carboxylic acids is 1. The fourth-order valence-electron chi connectivity index (χ4n) is 2.28. The molecule has 0 radical (unpaired) electrons. The van der Waals surface area contributed by atoms with Gasteiger partial charge in [0.1, 0.15) is 5.54 Å².